The van der Waals surface area contributed by atoms with Crippen molar-refractivity contribution in [3.63, 3.8) is 0 Å². The van der Waals surface area contributed by atoms with Crippen molar-refractivity contribution < 1.29 is 4.74 Å². The highest BCUT2D eigenvalue weighted by atomic mass is 32.2. The molecule has 1 aliphatic rings. The smallest absolute Gasteiger partial charge is 0.230 e. The summed E-state index contributed by atoms with van der Waals surface area (Å²) in [7, 11) is 0. The van der Waals surface area contributed by atoms with Gasteiger partial charge in [-0.3, -0.25) is 21.3 Å². The molecule has 1 aliphatic heterocycles. The fraction of sp³-hybridized carbons (Fsp3) is 0.927. The van der Waals surface area contributed by atoms with Gasteiger partial charge in [0.2, 0.25) is 5.95 Å². The minimum Gasteiger partial charge on any atom is -0.378 e. The van der Waals surface area contributed by atoms with Gasteiger partial charge in [-0.05, 0) is 49.4 Å². The van der Waals surface area contributed by atoms with Crippen LogP contribution in [0.4, 0.5) is 5.95 Å². The lowest BCUT2D eigenvalue weighted by Crippen LogP contribution is -2.44. The van der Waals surface area contributed by atoms with Crippen molar-refractivity contribution in [2.24, 2.45) is 23.7 Å². The van der Waals surface area contributed by atoms with Crippen LogP contribution in [-0.4, -0.2) is 78.4 Å². The highest BCUT2D eigenvalue weighted by Crippen LogP contribution is 2.27. The molecule has 2 heterocycles. The van der Waals surface area contributed by atoms with Crippen LogP contribution in [0.25, 0.3) is 0 Å². The molecule has 0 aliphatic carbocycles. The predicted octanol–water partition coefficient (Wildman–Crippen LogP) is 9.68. The number of rotatable bonds is 33. The Labute approximate surface area is 329 Å². The molecule has 0 aromatic carbocycles. The van der Waals surface area contributed by atoms with Gasteiger partial charge < -0.3 is 9.64 Å². The number of unbranched alkanes of at least 4 members (excludes halogenated alkanes) is 4. The van der Waals surface area contributed by atoms with Crippen LogP contribution < -0.4 is 26.2 Å². The molecule has 4 atom stereocenters. The molecule has 1 aromatic rings. The molecule has 0 amide bonds. The number of morpholine rings is 1. The van der Waals surface area contributed by atoms with Gasteiger partial charge >= 0.3 is 0 Å². The molecule has 0 radical (unpaired) electrons. The van der Waals surface area contributed by atoms with Gasteiger partial charge in [-0.2, -0.15) is 15.0 Å². The molecule has 0 spiro atoms. The summed E-state index contributed by atoms with van der Waals surface area (Å²) in [6, 6.07) is 0. The number of nitrogens with one attached hydrogen (secondary N) is 4. The van der Waals surface area contributed by atoms with Crippen LogP contribution in [0.3, 0.4) is 0 Å². The Morgan fingerprint density at radius 1 is 0.519 bits per heavy atom. The van der Waals surface area contributed by atoms with Gasteiger partial charge in [0.1, 0.15) is 11.0 Å². The maximum atomic E-state index is 5.72. The van der Waals surface area contributed by atoms with Crippen molar-refractivity contribution in [1.29, 1.82) is 0 Å². The van der Waals surface area contributed by atoms with E-state index >= 15 is 0 Å². The Morgan fingerprint density at radius 2 is 0.846 bits per heavy atom. The van der Waals surface area contributed by atoms with E-state index in [1.807, 2.05) is 0 Å². The zero-order chi connectivity index (χ0) is 37.8. The SMILES string of the molecule is CCCCC(CC)CNC(NCC(CC)CCCC)Sc1nc(SC(NCC(CC)CCCC)NCC(CC)CCCC)nc(N2CCOCC2)n1. The molecular weight excluding hydrogens is 685 g/mol. The van der Waals surface area contributed by atoms with E-state index in [-0.39, 0.29) is 11.0 Å². The second-order valence-corrected chi connectivity index (χ2v) is 17.2. The minimum absolute atomic E-state index is 0.0314. The normalized spacial score (nSPS) is 17.2. The average Bonchev–Trinajstić information content (AvgIpc) is 3.18. The molecule has 0 saturated carbocycles. The molecular formula is C41H82N8OS2. The molecule has 0 bridgehead atoms. The third-order valence-corrected chi connectivity index (χ3v) is 12.8. The van der Waals surface area contributed by atoms with Crippen LogP contribution in [0.1, 0.15) is 158 Å². The van der Waals surface area contributed by atoms with E-state index in [1.54, 1.807) is 23.5 Å². The highest BCUT2D eigenvalue weighted by molar-refractivity contribution is 8.00. The first-order valence-corrected chi connectivity index (χ1v) is 23.5. The van der Waals surface area contributed by atoms with Crippen molar-refractivity contribution in [3.05, 3.63) is 0 Å². The molecule has 2 rings (SSSR count). The van der Waals surface area contributed by atoms with Crippen LogP contribution in [-0.2, 0) is 4.74 Å². The number of nitrogens with zero attached hydrogens (tertiary/aromatic N) is 4. The van der Waals surface area contributed by atoms with Crippen LogP contribution in [0, 0.1) is 23.7 Å². The molecule has 9 nitrogen and oxygen atoms in total. The standard InChI is InChI=1S/C41H82N8OS2/c1-9-17-21-33(13-5)29-42-38(43-30-34(14-6)22-18-10-2)51-40-46-37(49-25-27-50-28-26-49)47-41(48-40)52-39(44-31-35(15-7)23-19-11-3)45-32-36(16-8)24-20-12-4/h33-36,38-39,42-45H,9-32H2,1-8H3. The Balaban J connectivity index is 2.38. The summed E-state index contributed by atoms with van der Waals surface area (Å²) in [6.45, 7) is 25.5. The van der Waals surface area contributed by atoms with E-state index in [9.17, 15) is 0 Å². The first-order chi connectivity index (χ1) is 25.4. The number of aromatic nitrogens is 3. The molecule has 1 fully saturated rings. The molecule has 4 N–H and O–H groups in total. The van der Waals surface area contributed by atoms with E-state index in [2.05, 4.69) is 81.6 Å². The second kappa shape index (κ2) is 30.5. The molecule has 1 saturated heterocycles. The number of ether oxygens (including phenoxy) is 1. The zero-order valence-corrected chi connectivity index (χ0v) is 36.6. The van der Waals surface area contributed by atoms with Crippen molar-refractivity contribution in [2.45, 2.75) is 179 Å². The number of thioether (sulfide) groups is 2. The molecule has 4 unspecified atom stereocenters. The molecule has 1 aromatic heterocycles. The van der Waals surface area contributed by atoms with Gasteiger partial charge in [-0.1, -0.05) is 156 Å². The van der Waals surface area contributed by atoms with E-state index in [0.29, 0.717) is 36.9 Å². The predicted molar refractivity (Wildman–Crippen MR) is 227 cm³/mol. The first kappa shape index (κ1) is 47.5. The fourth-order valence-corrected chi connectivity index (χ4v) is 8.47. The summed E-state index contributed by atoms with van der Waals surface area (Å²) >= 11 is 3.45. The van der Waals surface area contributed by atoms with Crippen molar-refractivity contribution >= 4 is 29.5 Å². The van der Waals surface area contributed by atoms with Gasteiger partial charge in [-0.15, -0.1) is 0 Å². The third-order valence-electron chi connectivity index (χ3n) is 10.9. The van der Waals surface area contributed by atoms with Crippen molar-refractivity contribution in [3.8, 4) is 0 Å². The Hall–Kier alpha value is -0.690. The van der Waals surface area contributed by atoms with Gasteiger partial charge in [0, 0.05) is 39.3 Å². The lowest BCUT2D eigenvalue weighted by molar-refractivity contribution is 0.122. The van der Waals surface area contributed by atoms with Crippen LogP contribution in [0.15, 0.2) is 10.3 Å². The van der Waals surface area contributed by atoms with Crippen LogP contribution in [0.2, 0.25) is 0 Å². The maximum absolute atomic E-state index is 5.72. The largest absolute Gasteiger partial charge is 0.378 e. The average molecular weight is 767 g/mol. The molecule has 304 valence electrons. The first-order valence-electron chi connectivity index (χ1n) is 21.8. The van der Waals surface area contributed by atoms with Gasteiger partial charge in [0.25, 0.3) is 0 Å². The van der Waals surface area contributed by atoms with Crippen molar-refractivity contribution in [2.75, 3.05) is 57.4 Å². The maximum Gasteiger partial charge on any atom is 0.230 e. The third kappa shape index (κ3) is 20.3. The fourth-order valence-electron chi connectivity index (χ4n) is 6.73. The summed E-state index contributed by atoms with van der Waals surface area (Å²) in [5.41, 5.74) is 0.0629. The van der Waals surface area contributed by atoms with Crippen LogP contribution >= 0.6 is 23.5 Å². The Bertz CT molecular complexity index is 884. The molecule has 52 heavy (non-hydrogen) atoms. The number of hydrogen-bond donors (Lipinski definition) is 4. The van der Waals surface area contributed by atoms with E-state index in [1.165, 1.54) is 103 Å². The summed E-state index contributed by atoms with van der Waals surface area (Å²) < 4.78 is 5.72. The Morgan fingerprint density at radius 3 is 1.13 bits per heavy atom. The van der Waals surface area contributed by atoms with Gasteiger partial charge in [0.05, 0.1) is 13.2 Å². The lowest BCUT2D eigenvalue weighted by Gasteiger charge is -2.28. The summed E-state index contributed by atoms with van der Waals surface area (Å²) in [4.78, 5) is 17.7. The highest BCUT2D eigenvalue weighted by Gasteiger charge is 2.23. The Kier molecular flexibility index (Phi) is 27.9. The minimum atomic E-state index is 0.0314. The van der Waals surface area contributed by atoms with E-state index in [0.717, 1.165) is 55.5 Å². The molecule has 11 heteroatoms. The van der Waals surface area contributed by atoms with E-state index < -0.39 is 0 Å². The number of anilines is 1. The van der Waals surface area contributed by atoms with Crippen molar-refractivity contribution in [1.82, 2.24) is 36.2 Å². The van der Waals surface area contributed by atoms with Gasteiger partial charge in [-0.25, -0.2) is 0 Å². The summed E-state index contributed by atoms with van der Waals surface area (Å²) in [5, 5.41) is 17.3. The second-order valence-electron chi connectivity index (χ2n) is 15.1. The lowest BCUT2D eigenvalue weighted by atomic mass is 9.99. The topological polar surface area (TPSA) is 99.3 Å². The number of hydrogen-bond acceptors (Lipinski definition) is 11. The van der Waals surface area contributed by atoms with Crippen LogP contribution in [0.5, 0.6) is 0 Å². The monoisotopic (exact) mass is 767 g/mol. The quantitative estimate of drug-likeness (QED) is 0.0407. The summed E-state index contributed by atoms with van der Waals surface area (Å²) in [6.07, 6.45) is 20.0. The zero-order valence-electron chi connectivity index (χ0n) is 34.9. The van der Waals surface area contributed by atoms with E-state index in [4.69, 9.17) is 19.7 Å². The summed E-state index contributed by atoms with van der Waals surface area (Å²) in [5.74, 6) is 3.46. The van der Waals surface area contributed by atoms with Gasteiger partial charge in [0.15, 0.2) is 10.3 Å².